The first kappa shape index (κ1) is 9.05. The molecule has 0 amide bonds. The third kappa shape index (κ3) is 1.05. The first-order valence-electron chi connectivity index (χ1n) is 5.71. The predicted octanol–water partition coefficient (Wildman–Crippen LogP) is 1.27. The van der Waals surface area contributed by atoms with E-state index in [2.05, 4.69) is 9.88 Å². The molecule has 0 radical (unpaired) electrons. The molecular formula is C11H12ClN3O. The maximum Gasteiger partial charge on any atom is 0.350 e. The Morgan fingerprint density at radius 2 is 2.31 bits per heavy atom. The van der Waals surface area contributed by atoms with Gasteiger partial charge in [-0.05, 0) is 24.7 Å². The van der Waals surface area contributed by atoms with Crippen LogP contribution in [-0.2, 0) is 6.54 Å². The lowest BCUT2D eigenvalue weighted by molar-refractivity contribution is 0.509. The average Bonchev–Trinajstić information content (AvgIpc) is 2.73. The summed E-state index contributed by atoms with van der Waals surface area (Å²) < 4.78 is 1.76. The maximum atomic E-state index is 11.7. The Morgan fingerprint density at radius 3 is 3.06 bits per heavy atom. The molecule has 0 N–H and O–H groups in total. The molecule has 1 unspecified atom stereocenters. The number of nitrogens with zero attached hydrogens (tertiary/aromatic N) is 3. The van der Waals surface area contributed by atoms with Crippen LogP contribution in [0, 0.1) is 5.41 Å². The first-order valence-corrected chi connectivity index (χ1v) is 6.09. The normalized spacial score (nSPS) is 28.3. The van der Waals surface area contributed by atoms with Crippen LogP contribution < -0.4 is 10.6 Å². The Balaban J connectivity index is 1.83. The Kier molecular flexibility index (Phi) is 1.48. The minimum absolute atomic E-state index is 0.207. The van der Waals surface area contributed by atoms with Crippen LogP contribution in [0.4, 0.5) is 5.82 Å². The third-order valence-electron chi connectivity index (χ3n) is 4.22. The van der Waals surface area contributed by atoms with Crippen molar-refractivity contribution in [3.63, 3.8) is 0 Å². The van der Waals surface area contributed by atoms with Gasteiger partial charge in [0.2, 0.25) is 0 Å². The standard InChI is InChI=1S/C11H12ClN3O/c12-8-3-9-14(10(16)13-8)5-7-4-11(1-2-11)6-15(7)9/h3,7H,1-2,4-6H2. The molecular weight excluding hydrogens is 226 g/mol. The molecule has 3 heterocycles. The van der Waals surface area contributed by atoms with Crippen molar-refractivity contribution in [1.82, 2.24) is 9.55 Å². The minimum atomic E-state index is -0.207. The summed E-state index contributed by atoms with van der Waals surface area (Å²) in [6.07, 6.45) is 3.93. The molecule has 1 aliphatic carbocycles. The van der Waals surface area contributed by atoms with Crippen molar-refractivity contribution in [3.8, 4) is 0 Å². The van der Waals surface area contributed by atoms with E-state index in [1.165, 1.54) is 19.3 Å². The van der Waals surface area contributed by atoms with E-state index in [0.717, 1.165) is 18.9 Å². The van der Waals surface area contributed by atoms with Gasteiger partial charge in [0.05, 0.1) is 0 Å². The van der Waals surface area contributed by atoms with Gasteiger partial charge in [-0.25, -0.2) is 4.79 Å². The Hall–Kier alpha value is -1.03. The molecule has 0 aromatic carbocycles. The van der Waals surface area contributed by atoms with Crippen LogP contribution in [0.25, 0.3) is 0 Å². The summed E-state index contributed by atoms with van der Waals surface area (Å²) in [7, 11) is 0. The largest absolute Gasteiger partial charge is 0.352 e. The fourth-order valence-corrected chi connectivity index (χ4v) is 3.39. The molecule has 1 saturated carbocycles. The second kappa shape index (κ2) is 2.62. The molecule has 2 fully saturated rings. The molecule has 84 valence electrons. The highest BCUT2D eigenvalue weighted by Gasteiger charge is 2.54. The lowest BCUT2D eigenvalue weighted by Crippen LogP contribution is -2.24. The number of hydrogen-bond acceptors (Lipinski definition) is 3. The lowest BCUT2D eigenvalue weighted by atomic mass is 10.0. The molecule has 16 heavy (non-hydrogen) atoms. The first-order chi connectivity index (χ1) is 7.67. The second-order valence-electron chi connectivity index (χ2n) is 5.32. The topological polar surface area (TPSA) is 38.1 Å². The van der Waals surface area contributed by atoms with E-state index < -0.39 is 0 Å². The number of rotatable bonds is 0. The van der Waals surface area contributed by atoms with E-state index in [1.54, 1.807) is 4.57 Å². The van der Waals surface area contributed by atoms with Crippen LogP contribution in [0.5, 0.6) is 0 Å². The third-order valence-corrected chi connectivity index (χ3v) is 4.41. The van der Waals surface area contributed by atoms with Crippen LogP contribution in [0.2, 0.25) is 5.15 Å². The summed E-state index contributed by atoms with van der Waals surface area (Å²) in [5.74, 6) is 0.971. The van der Waals surface area contributed by atoms with Crippen molar-refractivity contribution in [3.05, 3.63) is 21.7 Å². The molecule has 2 aliphatic heterocycles. The Labute approximate surface area is 97.8 Å². The Bertz CT molecular complexity index is 535. The molecule has 3 aliphatic rings. The van der Waals surface area contributed by atoms with E-state index in [1.807, 2.05) is 6.07 Å². The van der Waals surface area contributed by atoms with Crippen LogP contribution in [-0.4, -0.2) is 22.1 Å². The minimum Gasteiger partial charge on any atom is -0.352 e. The number of anilines is 1. The summed E-state index contributed by atoms with van der Waals surface area (Å²) in [4.78, 5) is 17.8. The average molecular weight is 238 g/mol. The van der Waals surface area contributed by atoms with Gasteiger partial charge in [0.1, 0.15) is 11.0 Å². The van der Waals surface area contributed by atoms with Crippen molar-refractivity contribution in [2.24, 2.45) is 5.41 Å². The van der Waals surface area contributed by atoms with E-state index in [-0.39, 0.29) is 5.69 Å². The summed E-state index contributed by atoms with van der Waals surface area (Å²) >= 11 is 5.85. The zero-order chi connectivity index (χ0) is 10.9. The van der Waals surface area contributed by atoms with E-state index in [4.69, 9.17) is 11.6 Å². The molecule has 4 rings (SSSR count). The van der Waals surface area contributed by atoms with Crippen molar-refractivity contribution < 1.29 is 0 Å². The van der Waals surface area contributed by atoms with E-state index >= 15 is 0 Å². The highest BCUT2D eigenvalue weighted by Crippen LogP contribution is 2.56. The van der Waals surface area contributed by atoms with E-state index in [0.29, 0.717) is 16.6 Å². The van der Waals surface area contributed by atoms with Crippen LogP contribution in [0.15, 0.2) is 10.9 Å². The van der Waals surface area contributed by atoms with Gasteiger partial charge in [-0.3, -0.25) is 4.57 Å². The quantitative estimate of drug-likeness (QED) is 0.638. The summed E-state index contributed by atoms with van der Waals surface area (Å²) in [6.45, 7) is 1.89. The highest BCUT2D eigenvalue weighted by molar-refractivity contribution is 6.29. The Morgan fingerprint density at radius 1 is 1.50 bits per heavy atom. The zero-order valence-electron chi connectivity index (χ0n) is 8.82. The molecule has 1 saturated heterocycles. The van der Waals surface area contributed by atoms with Gasteiger partial charge in [0.25, 0.3) is 0 Å². The smallest absolute Gasteiger partial charge is 0.350 e. The number of hydrogen-bond donors (Lipinski definition) is 0. The molecule has 1 atom stereocenters. The highest BCUT2D eigenvalue weighted by atomic mass is 35.5. The van der Waals surface area contributed by atoms with Crippen molar-refractivity contribution in [2.75, 3.05) is 11.4 Å². The fraction of sp³-hybridized carbons (Fsp3) is 0.636. The van der Waals surface area contributed by atoms with Gasteiger partial charge >= 0.3 is 5.69 Å². The van der Waals surface area contributed by atoms with Crippen molar-refractivity contribution in [1.29, 1.82) is 0 Å². The van der Waals surface area contributed by atoms with Crippen LogP contribution in [0.1, 0.15) is 19.3 Å². The summed E-state index contributed by atoms with van der Waals surface area (Å²) in [5, 5.41) is 0.314. The molecule has 1 spiro atoms. The van der Waals surface area contributed by atoms with Gasteiger partial charge in [0, 0.05) is 25.2 Å². The zero-order valence-corrected chi connectivity index (χ0v) is 9.57. The van der Waals surface area contributed by atoms with Gasteiger partial charge in [-0.2, -0.15) is 4.98 Å². The van der Waals surface area contributed by atoms with Gasteiger partial charge < -0.3 is 4.90 Å². The molecule has 1 aromatic heterocycles. The molecule has 4 nitrogen and oxygen atoms in total. The molecule has 1 aromatic rings. The number of aromatic nitrogens is 2. The molecule has 5 heteroatoms. The van der Waals surface area contributed by atoms with Gasteiger partial charge in [-0.1, -0.05) is 11.6 Å². The maximum absolute atomic E-state index is 11.7. The summed E-state index contributed by atoms with van der Waals surface area (Å²) in [5.41, 5.74) is 0.364. The van der Waals surface area contributed by atoms with Crippen LogP contribution >= 0.6 is 11.6 Å². The molecule has 0 bridgehead atoms. The monoisotopic (exact) mass is 237 g/mol. The van der Waals surface area contributed by atoms with Crippen LogP contribution in [0.3, 0.4) is 0 Å². The van der Waals surface area contributed by atoms with E-state index in [9.17, 15) is 4.79 Å². The number of fused-ring (bicyclic) bond motifs is 3. The van der Waals surface area contributed by atoms with Gasteiger partial charge in [-0.15, -0.1) is 0 Å². The predicted molar refractivity (Wildman–Crippen MR) is 60.9 cm³/mol. The second-order valence-corrected chi connectivity index (χ2v) is 5.70. The van der Waals surface area contributed by atoms with Crippen molar-refractivity contribution in [2.45, 2.75) is 31.8 Å². The lowest BCUT2D eigenvalue weighted by Gasteiger charge is -2.17. The van der Waals surface area contributed by atoms with Gasteiger partial charge in [0.15, 0.2) is 0 Å². The number of halogens is 1. The van der Waals surface area contributed by atoms with Crippen molar-refractivity contribution >= 4 is 17.4 Å². The summed E-state index contributed by atoms with van der Waals surface area (Å²) in [6, 6.07) is 2.32. The SMILES string of the molecule is O=c1nc(Cl)cc2n1CC1CC3(CC3)CN21. The fourth-order valence-electron chi connectivity index (χ4n) is 3.22.